The highest BCUT2D eigenvalue weighted by Crippen LogP contribution is 2.34. The summed E-state index contributed by atoms with van der Waals surface area (Å²) in [4.78, 5) is 4.83. The van der Waals surface area contributed by atoms with Crippen molar-refractivity contribution in [3.8, 4) is 0 Å². The first-order valence-electron chi connectivity index (χ1n) is 7.42. The second kappa shape index (κ2) is 5.96. The van der Waals surface area contributed by atoms with E-state index in [0.29, 0.717) is 12.0 Å². The van der Waals surface area contributed by atoms with Gasteiger partial charge in [0.05, 0.1) is 0 Å². The molecule has 3 unspecified atom stereocenters. The molecule has 2 nitrogen and oxygen atoms in total. The summed E-state index contributed by atoms with van der Waals surface area (Å²) in [7, 11) is 4.43. The van der Waals surface area contributed by atoms with Gasteiger partial charge in [0, 0.05) is 31.2 Å². The van der Waals surface area contributed by atoms with Gasteiger partial charge in [0.25, 0.3) is 0 Å². The third-order valence-electron chi connectivity index (χ3n) is 4.71. The van der Waals surface area contributed by atoms with E-state index in [4.69, 9.17) is 0 Å². The lowest BCUT2D eigenvalue weighted by Gasteiger charge is -2.36. The standard InChI is InChI=1S/C17H28N2/c1-13(2)19(5)12-15-7-6-10-18(4)17-9-8-14(3)11-16(15)17/h8-9,11,15-17H,1,6-7,10,12H2,2-5H3. The third-order valence-corrected chi connectivity index (χ3v) is 4.71. The van der Waals surface area contributed by atoms with Crippen molar-refractivity contribution in [1.82, 2.24) is 9.80 Å². The summed E-state index contributed by atoms with van der Waals surface area (Å²) >= 11 is 0. The molecular formula is C17H28N2. The highest BCUT2D eigenvalue weighted by molar-refractivity contribution is 5.26. The number of hydrogen-bond donors (Lipinski definition) is 0. The molecule has 2 heteroatoms. The number of allylic oxidation sites excluding steroid dienone is 3. The molecule has 0 amide bonds. The highest BCUT2D eigenvalue weighted by atomic mass is 15.1. The summed E-state index contributed by atoms with van der Waals surface area (Å²) in [5, 5.41) is 0. The van der Waals surface area contributed by atoms with Crippen LogP contribution in [-0.2, 0) is 0 Å². The first-order chi connectivity index (χ1) is 8.99. The molecule has 0 radical (unpaired) electrons. The Bertz CT molecular complexity index is 394. The second-order valence-electron chi connectivity index (χ2n) is 6.34. The average molecular weight is 260 g/mol. The lowest BCUT2D eigenvalue weighted by molar-refractivity contribution is 0.205. The molecule has 0 N–H and O–H groups in total. The Morgan fingerprint density at radius 3 is 2.95 bits per heavy atom. The molecule has 0 saturated carbocycles. The van der Waals surface area contributed by atoms with Gasteiger partial charge in [-0.25, -0.2) is 0 Å². The fourth-order valence-electron chi connectivity index (χ4n) is 3.36. The molecule has 2 aliphatic rings. The molecule has 0 bridgehead atoms. The molecule has 1 fully saturated rings. The van der Waals surface area contributed by atoms with Crippen LogP contribution in [0.3, 0.4) is 0 Å². The minimum absolute atomic E-state index is 0.578. The van der Waals surface area contributed by atoms with E-state index < -0.39 is 0 Å². The zero-order valence-electron chi connectivity index (χ0n) is 12.9. The average Bonchev–Trinajstić information content (AvgIpc) is 2.50. The van der Waals surface area contributed by atoms with Crippen molar-refractivity contribution in [2.24, 2.45) is 11.8 Å². The van der Waals surface area contributed by atoms with Crippen LogP contribution in [0, 0.1) is 11.8 Å². The van der Waals surface area contributed by atoms with Gasteiger partial charge in [-0.15, -0.1) is 0 Å². The van der Waals surface area contributed by atoms with Crippen LogP contribution in [0.1, 0.15) is 26.7 Å². The monoisotopic (exact) mass is 260 g/mol. The molecule has 0 spiro atoms. The van der Waals surface area contributed by atoms with Gasteiger partial charge in [-0.3, -0.25) is 4.90 Å². The van der Waals surface area contributed by atoms with Crippen molar-refractivity contribution in [2.75, 3.05) is 27.2 Å². The maximum absolute atomic E-state index is 4.06. The summed E-state index contributed by atoms with van der Waals surface area (Å²) in [6, 6.07) is 0.578. The van der Waals surface area contributed by atoms with E-state index in [0.717, 1.165) is 12.5 Å². The molecule has 0 aromatic carbocycles. The van der Waals surface area contributed by atoms with Crippen molar-refractivity contribution < 1.29 is 0 Å². The quantitative estimate of drug-likeness (QED) is 0.768. The molecule has 106 valence electrons. The van der Waals surface area contributed by atoms with Gasteiger partial charge in [0.2, 0.25) is 0 Å². The fourth-order valence-corrected chi connectivity index (χ4v) is 3.36. The van der Waals surface area contributed by atoms with E-state index in [1.807, 2.05) is 0 Å². The van der Waals surface area contributed by atoms with Crippen molar-refractivity contribution in [1.29, 1.82) is 0 Å². The Hall–Kier alpha value is -1.02. The summed E-state index contributed by atoms with van der Waals surface area (Å²) in [5.41, 5.74) is 2.58. The van der Waals surface area contributed by atoms with Crippen LogP contribution in [0.5, 0.6) is 0 Å². The second-order valence-corrected chi connectivity index (χ2v) is 6.34. The molecule has 1 aliphatic heterocycles. The maximum atomic E-state index is 4.06. The minimum atomic E-state index is 0.578. The van der Waals surface area contributed by atoms with E-state index in [1.54, 1.807) is 0 Å². The van der Waals surface area contributed by atoms with E-state index in [-0.39, 0.29) is 0 Å². The Morgan fingerprint density at radius 2 is 2.26 bits per heavy atom. The van der Waals surface area contributed by atoms with Crippen LogP contribution in [0.4, 0.5) is 0 Å². The van der Waals surface area contributed by atoms with Crippen molar-refractivity contribution in [3.63, 3.8) is 0 Å². The van der Waals surface area contributed by atoms with Gasteiger partial charge >= 0.3 is 0 Å². The minimum Gasteiger partial charge on any atom is -0.378 e. The molecule has 1 aliphatic carbocycles. The maximum Gasteiger partial charge on any atom is 0.0344 e. The van der Waals surface area contributed by atoms with Crippen molar-refractivity contribution >= 4 is 0 Å². The van der Waals surface area contributed by atoms with Crippen LogP contribution in [0.2, 0.25) is 0 Å². The molecular weight excluding hydrogens is 232 g/mol. The van der Waals surface area contributed by atoms with E-state index >= 15 is 0 Å². The van der Waals surface area contributed by atoms with Crippen molar-refractivity contribution in [3.05, 3.63) is 36.1 Å². The Balaban J connectivity index is 2.17. The fraction of sp³-hybridized carbons (Fsp3) is 0.647. The lowest BCUT2D eigenvalue weighted by Crippen LogP contribution is -2.40. The predicted octanol–water partition coefficient (Wildman–Crippen LogP) is 3.29. The largest absolute Gasteiger partial charge is 0.378 e. The van der Waals surface area contributed by atoms with Crippen LogP contribution in [0.15, 0.2) is 36.1 Å². The van der Waals surface area contributed by atoms with E-state index in [2.05, 4.69) is 62.5 Å². The Labute approximate surface area is 118 Å². The number of nitrogens with zero attached hydrogens (tertiary/aromatic N) is 2. The van der Waals surface area contributed by atoms with E-state index in [9.17, 15) is 0 Å². The number of rotatable bonds is 3. The molecule has 19 heavy (non-hydrogen) atoms. The summed E-state index contributed by atoms with van der Waals surface area (Å²) < 4.78 is 0. The summed E-state index contributed by atoms with van der Waals surface area (Å²) in [5.74, 6) is 1.39. The lowest BCUT2D eigenvalue weighted by atomic mass is 9.80. The van der Waals surface area contributed by atoms with Gasteiger partial charge in [0.1, 0.15) is 0 Å². The molecule has 1 saturated heterocycles. The Morgan fingerprint density at radius 1 is 1.53 bits per heavy atom. The van der Waals surface area contributed by atoms with Gasteiger partial charge < -0.3 is 4.90 Å². The number of likely N-dealkylation sites (tertiary alicyclic amines) is 1. The third kappa shape index (κ3) is 3.30. The smallest absolute Gasteiger partial charge is 0.0344 e. The normalized spacial score (nSPS) is 31.4. The first-order valence-corrected chi connectivity index (χ1v) is 7.42. The summed E-state index contributed by atoms with van der Waals surface area (Å²) in [6.07, 6.45) is 9.80. The zero-order valence-corrected chi connectivity index (χ0v) is 12.9. The van der Waals surface area contributed by atoms with Gasteiger partial charge in [0.15, 0.2) is 0 Å². The Kier molecular flexibility index (Phi) is 4.51. The van der Waals surface area contributed by atoms with Gasteiger partial charge in [-0.1, -0.05) is 30.4 Å². The van der Waals surface area contributed by atoms with Crippen molar-refractivity contribution in [2.45, 2.75) is 32.7 Å². The highest BCUT2D eigenvalue weighted by Gasteiger charge is 2.33. The van der Waals surface area contributed by atoms with Crippen LogP contribution >= 0.6 is 0 Å². The van der Waals surface area contributed by atoms with Gasteiger partial charge in [-0.2, -0.15) is 0 Å². The predicted molar refractivity (Wildman–Crippen MR) is 83.0 cm³/mol. The van der Waals surface area contributed by atoms with Crippen LogP contribution < -0.4 is 0 Å². The van der Waals surface area contributed by atoms with Gasteiger partial charge in [-0.05, 0) is 46.2 Å². The molecule has 0 aromatic rings. The van der Waals surface area contributed by atoms with Crippen LogP contribution in [0.25, 0.3) is 0 Å². The molecule has 3 atom stereocenters. The SMILES string of the molecule is C=C(C)N(C)CC1CCCN(C)C2C=CC(C)=CC12. The first kappa shape index (κ1) is 14.4. The number of fused-ring (bicyclic) bond motifs is 1. The number of hydrogen-bond acceptors (Lipinski definition) is 2. The molecule has 0 aromatic heterocycles. The summed E-state index contributed by atoms with van der Waals surface area (Å²) in [6.45, 7) is 10.7. The number of likely N-dealkylation sites (N-methyl/N-ethyl adjacent to an activating group) is 1. The topological polar surface area (TPSA) is 6.48 Å². The van der Waals surface area contributed by atoms with Crippen LogP contribution in [-0.4, -0.2) is 43.0 Å². The zero-order chi connectivity index (χ0) is 14.0. The molecule has 1 heterocycles. The molecule has 2 rings (SSSR count). The van der Waals surface area contributed by atoms with E-state index in [1.165, 1.54) is 30.7 Å².